The highest BCUT2D eigenvalue weighted by molar-refractivity contribution is 6.05. The van der Waals surface area contributed by atoms with Crippen LogP contribution in [0.5, 0.6) is 5.75 Å². The number of fused-ring (bicyclic) bond motifs is 1. The Balaban J connectivity index is 1.54. The van der Waals surface area contributed by atoms with Gasteiger partial charge in [-0.2, -0.15) is 5.10 Å². The van der Waals surface area contributed by atoms with E-state index in [1.807, 2.05) is 50.2 Å². The number of ether oxygens (including phenoxy) is 1. The number of carbonyl (C=O) groups is 2. The van der Waals surface area contributed by atoms with Crippen LogP contribution in [0.4, 0.5) is 0 Å². The summed E-state index contributed by atoms with van der Waals surface area (Å²) in [6.07, 6.45) is 0. The lowest BCUT2D eigenvalue weighted by atomic mass is 10.1. The van der Waals surface area contributed by atoms with Gasteiger partial charge in [0.25, 0.3) is 11.8 Å². The fraction of sp³-hybridized carbons (Fsp3) is 0.167. The predicted octanol–water partition coefficient (Wildman–Crippen LogP) is 2.02. The molecule has 1 aromatic heterocycles. The minimum Gasteiger partial charge on any atom is -0.484 e. The number of nitrogens with zero attached hydrogens (tertiary/aromatic N) is 1. The predicted molar refractivity (Wildman–Crippen MR) is 93.1 cm³/mol. The van der Waals surface area contributed by atoms with Crippen LogP contribution >= 0.6 is 0 Å². The minimum atomic E-state index is -0.503. The molecule has 0 radical (unpaired) electrons. The van der Waals surface area contributed by atoms with Crippen LogP contribution in [0.15, 0.2) is 42.5 Å². The van der Waals surface area contributed by atoms with Gasteiger partial charge in [0.05, 0.1) is 5.52 Å². The summed E-state index contributed by atoms with van der Waals surface area (Å²) in [6.45, 7) is 3.70. The Morgan fingerprint density at radius 3 is 2.56 bits per heavy atom. The molecule has 0 saturated carbocycles. The third-order valence-corrected chi connectivity index (χ3v) is 3.57. The SMILES string of the molecule is Cc1cc(C)cc(OCC(=O)NNC(=O)c2n[nH]c3ccccc23)c1. The Bertz CT molecular complexity index is 913. The Kier molecular flexibility index (Phi) is 4.65. The molecule has 3 rings (SSSR count). The molecule has 3 aromatic rings. The van der Waals surface area contributed by atoms with Crippen molar-refractivity contribution in [3.63, 3.8) is 0 Å². The lowest BCUT2D eigenvalue weighted by Crippen LogP contribution is -2.44. The summed E-state index contributed by atoms with van der Waals surface area (Å²) in [6, 6.07) is 12.9. The Morgan fingerprint density at radius 2 is 1.80 bits per heavy atom. The first-order valence-corrected chi connectivity index (χ1v) is 7.76. The van der Waals surface area contributed by atoms with Gasteiger partial charge in [-0.3, -0.25) is 25.5 Å². The topological polar surface area (TPSA) is 96.1 Å². The van der Waals surface area contributed by atoms with Gasteiger partial charge in [0.15, 0.2) is 12.3 Å². The van der Waals surface area contributed by atoms with Gasteiger partial charge < -0.3 is 4.74 Å². The number of nitrogens with one attached hydrogen (secondary N) is 3. The van der Waals surface area contributed by atoms with E-state index in [0.717, 1.165) is 16.6 Å². The summed E-state index contributed by atoms with van der Waals surface area (Å²) >= 11 is 0. The molecule has 0 fully saturated rings. The Hall–Kier alpha value is -3.35. The molecule has 1 heterocycles. The Morgan fingerprint density at radius 1 is 1.08 bits per heavy atom. The molecule has 2 amide bonds. The van der Waals surface area contributed by atoms with E-state index in [0.29, 0.717) is 11.1 Å². The van der Waals surface area contributed by atoms with E-state index < -0.39 is 11.8 Å². The van der Waals surface area contributed by atoms with E-state index in [-0.39, 0.29) is 12.3 Å². The average Bonchev–Trinajstić information content (AvgIpc) is 3.01. The third-order valence-electron chi connectivity index (χ3n) is 3.57. The fourth-order valence-corrected chi connectivity index (χ4v) is 2.52. The van der Waals surface area contributed by atoms with Crippen LogP contribution in [-0.2, 0) is 4.79 Å². The number of H-pyrrole nitrogens is 1. The standard InChI is InChI=1S/C18H18N4O3/c1-11-7-12(2)9-13(8-11)25-10-16(23)20-22-18(24)17-14-5-3-4-6-15(14)19-21-17/h3-9H,10H2,1-2H3,(H,19,21)(H,20,23)(H,22,24). The van der Waals surface area contributed by atoms with Crippen LogP contribution in [0.3, 0.4) is 0 Å². The second kappa shape index (κ2) is 7.04. The zero-order valence-electron chi connectivity index (χ0n) is 13.9. The number of rotatable bonds is 4. The molecule has 7 heteroatoms. The molecule has 128 valence electrons. The smallest absolute Gasteiger partial charge is 0.290 e. The molecule has 0 aliphatic carbocycles. The highest BCUT2D eigenvalue weighted by atomic mass is 16.5. The molecule has 7 nitrogen and oxygen atoms in total. The molecule has 0 aliphatic rings. The number of benzene rings is 2. The number of hydrogen-bond acceptors (Lipinski definition) is 4. The zero-order chi connectivity index (χ0) is 17.8. The van der Waals surface area contributed by atoms with E-state index in [1.54, 1.807) is 6.07 Å². The largest absolute Gasteiger partial charge is 0.484 e. The highest BCUT2D eigenvalue weighted by Crippen LogP contribution is 2.16. The quantitative estimate of drug-likeness (QED) is 0.634. The van der Waals surface area contributed by atoms with Gasteiger partial charge in [-0.1, -0.05) is 24.3 Å². The third kappa shape index (κ3) is 3.95. The van der Waals surface area contributed by atoms with Crippen molar-refractivity contribution < 1.29 is 14.3 Å². The minimum absolute atomic E-state index is 0.204. The number of para-hydroxylation sites is 1. The number of carbonyl (C=O) groups excluding carboxylic acids is 2. The molecule has 0 atom stereocenters. The molecule has 3 N–H and O–H groups in total. The van der Waals surface area contributed by atoms with Crippen LogP contribution in [0.25, 0.3) is 10.9 Å². The summed E-state index contributed by atoms with van der Waals surface area (Å²) in [5.41, 5.74) is 7.71. The van der Waals surface area contributed by atoms with Crippen LogP contribution in [-0.4, -0.2) is 28.6 Å². The van der Waals surface area contributed by atoms with E-state index >= 15 is 0 Å². The molecular formula is C18H18N4O3. The average molecular weight is 338 g/mol. The molecule has 0 spiro atoms. The van der Waals surface area contributed by atoms with Gasteiger partial charge in [-0.25, -0.2) is 0 Å². The molecule has 2 aromatic carbocycles. The van der Waals surface area contributed by atoms with Crippen LogP contribution in [0.2, 0.25) is 0 Å². The summed E-state index contributed by atoms with van der Waals surface area (Å²) in [5.74, 6) is -0.359. The van der Waals surface area contributed by atoms with Crippen LogP contribution in [0.1, 0.15) is 21.6 Å². The summed E-state index contributed by atoms with van der Waals surface area (Å²) in [5, 5.41) is 7.41. The number of aromatic amines is 1. The lowest BCUT2D eigenvalue weighted by molar-refractivity contribution is -0.123. The second-order valence-corrected chi connectivity index (χ2v) is 5.73. The van der Waals surface area contributed by atoms with E-state index in [9.17, 15) is 9.59 Å². The van der Waals surface area contributed by atoms with Crippen molar-refractivity contribution in [2.75, 3.05) is 6.61 Å². The van der Waals surface area contributed by atoms with Crippen molar-refractivity contribution in [3.05, 3.63) is 59.3 Å². The second-order valence-electron chi connectivity index (χ2n) is 5.73. The molecular weight excluding hydrogens is 320 g/mol. The zero-order valence-corrected chi connectivity index (χ0v) is 13.9. The first kappa shape index (κ1) is 16.5. The van der Waals surface area contributed by atoms with E-state index in [2.05, 4.69) is 21.0 Å². The van der Waals surface area contributed by atoms with Gasteiger partial charge >= 0.3 is 0 Å². The monoisotopic (exact) mass is 338 g/mol. The molecule has 25 heavy (non-hydrogen) atoms. The summed E-state index contributed by atoms with van der Waals surface area (Å²) in [4.78, 5) is 24.0. The first-order valence-electron chi connectivity index (χ1n) is 7.76. The summed E-state index contributed by atoms with van der Waals surface area (Å²) in [7, 11) is 0. The first-order chi connectivity index (χ1) is 12.0. The maximum Gasteiger partial charge on any atom is 0.290 e. The number of amides is 2. The molecule has 0 saturated heterocycles. The van der Waals surface area contributed by atoms with Crippen molar-refractivity contribution in [1.29, 1.82) is 0 Å². The van der Waals surface area contributed by atoms with Crippen LogP contribution in [0, 0.1) is 13.8 Å². The maximum absolute atomic E-state index is 12.1. The van der Waals surface area contributed by atoms with Crippen molar-refractivity contribution in [3.8, 4) is 5.75 Å². The van der Waals surface area contributed by atoms with Crippen LogP contribution < -0.4 is 15.6 Å². The Labute approximate surface area is 144 Å². The maximum atomic E-state index is 12.1. The number of aryl methyl sites for hydroxylation is 2. The number of aromatic nitrogens is 2. The van der Waals surface area contributed by atoms with Crippen molar-refractivity contribution in [2.24, 2.45) is 0 Å². The highest BCUT2D eigenvalue weighted by Gasteiger charge is 2.14. The van der Waals surface area contributed by atoms with Gasteiger partial charge in [0.1, 0.15) is 5.75 Å². The normalized spacial score (nSPS) is 10.5. The van der Waals surface area contributed by atoms with E-state index in [1.165, 1.54) is 0 Å². The van der Waals surface area contributed by atoms with Gasteiger partial charge in [0.2, 0.25) is 0 Å². The van der Waals surface area contributed by atoms with Gasteiger partial charge in [-0.05, 0) is 43.2 Å². The number of hydrazine groups is 1. The lowest BCUT2D eigenvalue weighted by Gasteiger charge is -2.09. The van der Waals surface area contributed by atoms with Crippen molar-refractivity contribution >= 4 is 22.7 Å². The van der Waals surface area contributed by atoms with Crippen molar-refractivity contribution in [1.82, 2.24) is 21.0 Å². The molecule has 0 unspecified atom stereocenters. The fourth-order valence-electron chi connectivity index (χ4n) is 2.52. The van der Waals surface area contributed by atoms with Crippen molar-refractivity contribution in [2.45, 2.75) is 13.8 Å². The van der Waals surface area contributed by atoms with Gasteiger partial charge in [-0.15, -0.1) is 0 Å². The van der Waals surface area contributed by atoms with Gasteiger partial charge in [0, 0.05) is 5.39 Å². The van der Waals surface area contributed by atoms with E-state index in [4.69, 9.17) is 4.74 Å². The molecule has 0 aliphatic heterocycles. The number of hydrogen-bond donors (Lipinski definition) is 3. The molecule has 0 bridgehead atoms. The summed E-state index contributed by atoms with van der Waals surface area (Å²) < 4.78 is 5.44.